The molecule has 21 heavy (non-hydrogen) atoms. The molecule has 0 saturated heterocycles. The lowest BCUT2D eigenvalue weighted by Gasteiger charge is -2.35. The first-order valence-electron chi connectivity index (χ1n) is 6.85. The Morgan fingerprint density at radius 1 is 1.24 bits per heavy atom. The van der Waals surface area contributed by atoms with Gasteiger partial charge in [-0.15, -0.1) is 0 Å². The predicted octanol–water partition coefficient (Wildman–Crippen LogP) is 2.84. The Hall–Kier alpha value is -1.98. The molecular weight excluding hydrogens is 279 g/mol. The van der Waals surface area contributed by atoms with Gasteiger partial charge in [-0.2, -0.15) is 0 Å². The van der Waals surface area contributed by atoms with E-state index in [0.29, 0.717) is 25.7 Å². The Labute approximate surface area is 122 Å². The SMILES string of the molecule is COc1cc(O)c(F)c(C2(C(=O)O)CCCCC2)c1OC. The Morgan fingerprint density at radius 2 is 1.86 bits per heavy atom. The lowest BCUT2D eigenvalue weighted by molar-refractivity contribution is -0.145. The molecular formula is C15H19FO5. The molecule has 0 unspecified atom stereocenters. The number of phenols is 1. The minimum atomic E-state index is -1.39. The first kappa shape index (κ1) is 15.4. The standard InChI is InChI=1S/C15H19FO5/c1-20-10-8-9(17)12(16)11(13(10)21-2)15(14(18)19)6-4-3-5-7-15/h8,17H,3-7H2,1-2H3,(H,18,19). The van der Waals surface area contributed by atoms with Crippen LogP contribution in [0.4, 0.5) is 4.39 Å². The van der Waals surface area contributed by atoms with E-state index in [-0.39, 0.29) is 17.1 Å². The molecule has 1 aliphatic carbocycles. The molecule has 0 aliphatic heterocycles. The Bertz CT molecular complexity index is 549. The van der Waals surface area contributed by atoms with Gasteiger partial charge < -0.3 is 19.7 Å². The number of hydrogen-bond donors (Lipinski definition) is 2. The number of carboxylic acid groups (broad SMARTS) is 1. The largest absolute Gasteiger partial charge is 0.505 e. The molecule has 6 heteroatoms. The third-order valence-electron chi connectivity index (χ3n) is 4.18. The van der Waals surface area contributed by atoms with Gasteiger partial charge in [-0.1, -0.05) is 19.3 Å². The van der Waals surface area contributed by atoms with Gasteiger partial charge in [0.2, 0.25) is 0 Å². The molecule has 1 saturated carbocycles. The zero-order valence-electron chi connectivity index (χ0n) is 12.1. The van der Waals surface area contributed by atoms with E-state index < -0.39 is 23.0 Å². The van der Waals surface area contributed by atoms with Crippen molar-refractivity contribution >= 4 is 5.97 Å². The molecule has 0 aromatic heterocycles. The van der Waals surface area contributed by atoms with Crippen molar-refractivity contribution in [3.8, 4) is 17.2 Å². The molecule has 0 amide bonds. The highest BCUT2D eigenvalue weighted by atomic mass is 19.1. The summed E-state index contributed by atoms with van der Waals surface area (Å²) in [5.41, 5.74) is -1.51. The highest BCUT2D eigenvalue weighted by Crippen LogP contribution is 2.49. The second-order valence-electron chi connectivity index (χ2n) is 5.27. The van der Waals surface area contributed by atoms with E-state index >= 15 is 0 Å². The number of aromatic hydroxyl groups is 1. The van der Waals surface area contributed by atoms with Crippen LogP contribution in [0.15, 0.2) is 6.07 Å². The zero-order chi connectivity index (χ0) is 15.6. The van der Waals surface area contributed by atoms with Crippen LogP contribution in [0.1, 0.15) is 37.7 Å². The van der Waals surface area contributed by atoms with Gasteiger partial charge >= 0.3 is 5.97 Å². The van der Waals surface area contributed by atoms with Crippen molar-refractivity contribution < 1.29 is 28.9 Å². The van der Waals surface area contributed by atoms with Crippen LogP contribution in [-0.2, 0) is 10.2 Å². The van der Waals surface area contributed by atoms with Gasteiger partial charge in [-0.05, 0) is 12.8 Å². The van der Waals surface area contributed by atoms with Gasteiger partial charge in [-0.25, -0.2) is 4.39 Å². The second kappa shape index (κ2) is 5.79. The number of halogens is 1. The molecule has 0 spiro atoms. The predicted molar refractivity (Wildman–Crippen MR) is 73.6 cm³/mol. The first-order chi connectivity index (χ1) is 9.97. The number of ether oxygens (including phenoxy) is 2. The summed E-state index contributed by atoms with van der Waals surface area (Å²) in [7, 11) is 2.68. The molecule has 1 aromatic carbocycles. The quantitative estimate of drug-likeness (QED) is 0.894. The fraction of sp³-hybridized carbons (Fsp3) is 0.533. The fourth-order valence-electron chi connectivity index (χ4n) is 3.11. The lowest BCUT2D eigenvalue weighted by Crippen LogP contribution is -2.39. The maximum atomic E-state index is 14.5. The van der Waals surface area contributed by atoms with Crippen LogP contribution in [0.5, 0.6) is 17.2 Å². The number of carbonyl (C=O) groups is 1. The Morgan fingerprint density at radius 3 is 2.33 bits per heavy atom. The number of rotatable bonds is 4. The third-order valence-corrected chi connectivity index (χ3v) is 4.18. The van der Waals surface area contributed by atoms with E-state index in [1.54, 1.807) is 0 Å². The highest BCUT2D eigenvalue weighted by molar-refractivity contribution is 5.83. The topological polar surface area (TPSA) is 76.0 Å². The summed E-state index contributed by atoms with van der Waals surface area (Å²) in [4.78, 5) is 11.9. The van der Waals surface area contributed by atoms with Crippen molar-refractivity contribution in [3.05, 3.63) is 17.4 Å². The average Bonchev–Trinajstić information content (AvgIpc) is 2.49. The van der Waals surface area contributed by atoms with Crippen molar-refractivity contribution in [2.45, 2.75) is 37.5 Å². The van der Waals surface area contributed by atoms with Crippen LogP contribution in [0, 0.1) is 5.82 Å². The molecule has 0 atom stereocenters. The summed E-state index contributed by atoms with van der Waals surface area (Å²) in [6.45, 7) is 0. The number of hydrogen-bond acceptors (Lipinski definition) is 4. The van der Waals surface area contributed by atoms with Crippen LogP contribution >= 0.6 is 0 Å². The summed E-state index contributed by atoms with van der Waals surface area (Å²) < 4.78 is 24.8. The Balaban J connectivity index is 2.75. The van der Waals surface area contributed by atoms with Crippen molar-refractivity contribution in [3.63, 3.8) is 0 Å². The second-order valence-corrected chi connectivity index (χ2v) is 5.27. The summed E-state index contributed by atoms with van der Waals surface area (Å²) in [5.74, 6) is -2.52. The molecule has 1 aromatic rings. The normalized spacial score (nSPS) is 17.3. The zero-order valence-corrected chi connectivity index (χ0v) is 12.1. The van der Waals surface area contributed by atoms with E-state index in [4.69, 9.17) is 9.47 Å². The van der Waals surface area contributed by atoms with Gasteiger partial charge in [0.25, 0.3) is 0 Å². The number of carboxylic acids is 1. The summed E-state index contributed by atoms with van der Waals surface area (Å²) in [6.07, 6.45) is 2.90. The van der Waals surface area contributed by atoms with Gasteiger partial charge in [-0.3, -0.25) is 4.79 Å². The van der Waals surface area contributed by atoms with Crippen molar-refractivity contribution in [1.29, 1.82) is 0 Å². The molecule has 0 bridgehead atoms. The molecule has 5 nitrogen and oxygen atoms in total. The monoisotopic (exact) mass is 298 g/mol. The van der Waals surface area contributed by atoms with Gasteiger partial charge in [0, 0.05) is 6.07 Å². The minimum absolute atomic E-state index is 0.0390. The van der Waals surface area contributed by atoms with Crippen LogP contribution in [0.2, 0.25) is 0 Å². The molecule has 2 N–H and O–H groups in total. The lowest BCUT2D eigenvalue weighted by atomic mass is 9.68. The summed E-state index contributed by atoms with van der Waals surface area (Å²) in [6, 6.07) is 1.09. The van der Waals surface area contributed by atoms with Crippen molar-refractivity contribution in [2.24, 2.45) is 0 Å². The first-order valence-corrected chi connectivity index (χ1v) is 6.85. The van der Waals surface area contributed by atoms with E-state index in [1.165, 1.54) is 14.2 Å². The molecule has 1 fully saturated rings. The number of benzene rings is 1. The molecule has 0 radical (unpaired) electrons. The third kappa shape index (κ3) is 2.39. The van der Waals surface area contributed by atoms with Gasteiger partial charge in [0.05, 0.1) is 25.2 Å². The maximum Gasteiger partial charge on any atom is 0.314 e. The molecule has 2 rings (SSSR count). The van der Waals surface area contributed by atoms with Crippen LogP contribution in [0.25, 0.3) is 0 Å². The van der Waals surface area contributed by atoms with Gasteiger partial charge in [0.1, 0.15) is 0 Å². The van der Waals surface area contributed by atoms with Crippen molar-refractivity contribution in [2.75, 3.05) is 14.2 Å². The van der Waals surface area contributed by atoms with E-state index in [2.05, 4.69) is 0 Å². The van der Waals surface area contributed by atoms with Crippen LogP contribution in [-0.4, -0.2) is 30.4 Å². The van der Waals surface area contributed by atoms with Crippen LogP contribution in [0.3, 0.4) is 0 Å². The number of methoxy groups -OCH3 is 2. The van der Waals surface area contributed by atoms with E-state index in [1.807, 2.05) is 0 Å². The molecule has 1 aliphatic rings. The van der Waals surface area contributed by atoms with Crippen molar-refractivity contribution in [1.82, 2.24) is 0 Å². The Kier molecular flexibility index (Phi) is 4.25. The number of phenolic OH excluding ortho intramolecular Hbond substituents is 1. The van der Waals surface area contributed by atoms with Gasteiger partial charge in [0.15, 0.2) is 23.1 Å². The molecule has 0 heterocycles. The molecule has 116 valence electrons. The highest BCUT2D eigenvalue weighted by Gasteiger charge is 2.47. The minimum Gasteiger partial charge on any atom is -0.505 e. The van der Waals surface area contributed by atoms with E-state index in [9.17, 15) is 19.4 Å². The van der Waals surface area contributed by atoms with Crippen LogP contribution < -0.4 is 9.47 Å². The summed E-state index contributed by atoms with van der Waals surface area (Å²) >= 11 is 0. The smallest absolute Gasteiger partial charge is 0.314 e. The average molecular weight is 298 g/mol. The van der Waals surface area contributed by atoms with E-state index in [0.717, 1.165) is 12.5 Å². The maximum absolute atomic E-state index is 14.5. The fourth-order valence-corrected chi connectivity index (χ4v) is 3.11. The summed E-state index contributed by atoms with van der Waals surface area (Å²) in [5, 5.41) is 19.5. The number of aliphatic carboxylic acids is 1.